The molecule has 3 aromatic rings. The Morgan fingerprint density at radius 3 is 2.47 bits per heavy atom. The van der Waals surface area contributed by atoms with E-state index in [4.69, 9.17) is 15.6 Å². The molecule has 12 heteroatoms. The van der Waals surface area contributed by atoms with E-state index in [0.29, 0.717) is 11.4 Å². The van der Waals surface area contributed by atoms with Crippen molar-refractivity contribution in [2.24, 2.45) is 0 Å². The smallest absolute Gasteiger partial charge is 0.339 e. The van der Waals surface area contributed by atoms with Gasteiger partial charge in [-0.3, -0.25) is 14.4 Å². The topological polar surface area (TPSA) is 176 Å². The Morgan fingerprint density at radius 1 is 1.05 bits per heavy atom. The van der Waals surface area contributed by atoms with Gasteiger partial charge in [-0.1, -0.05) is 6.07 Å². The maximum absolute atomic E-state index is 12.9. The lowest BCUT2D eigenvalue weighted by molar-refractivity contribution is -0.121. The summed E-state index contributed by atoms with van der Waals surface area (Å²) in [6, 6.07) is 16.1. The van der Waals surface area contributed by atoms with Crippen LogP contribution in [0.25, 0.3) is 0 Å². The molecule has 1 saturated heterocycles. The second-order valence-corrected chi connectivity index (χ2v) is 9.43. The third kappa shape index (κ3) is 5.93. The van der Waals surface area contributed by atoms with Crippen LogP contribution in [0.4, 0.5) is 17.1 Å². The number of carboxylic acids is 1. The van der Waals surface area contributed by atoms with E-state index in [9.17, 15) is 29.1 Å². The minimum Gasteiger partial charge on any atom is -0.507 e. The third-order valence-electron chi connectivity index (χ3n) is 5.45. The number of thioether (sulfide) groups is 1. The number of nitrogen functional groups attached to an aromatic ring is 1. The van der Waals surface area contributed by atoms with Crippen LogP contribution in [-0.4, -0.2) is 51.7 Å². The van der Waals surface area contributed by atoms with Crippen LogP contribution in [0, 0.1) is 0 Å². The van der Waals surface area contributed by atoms with Crippen molar-refractivity contribution in [1.82, 2.24) is 0 Å². The van der Waals surface area contributed by atoms with E-state index in [1.165, 1.54) is 42.1 Å². The lowest BCUT2D eigenvalue weighted by Gasteiger charge is -2.15. The summed E-state index contributed by atoms with van der Waals surface area (Å²) in [5.74, 6) is -4.13. The average Bonchev–Trinajstić information content (AvgIpc) is 3.16. The summed E-state index contributed by atoms with van der Waals surface area (Å²) in [7, 11) is 0. The number of carbonyl (C=O) groups excluding carboxylic acids is 4. The average molecular weight is 536 g/mol. The molecule has 4 rings (SSSR count). The molecule has 0 aromatic heterocycles. The number of anilines is 3. The van der Waals surface area contributed by atoms with E-state index in [0.717, 1.165) is 21.9 Å². The lowest BCUT2D eigenvalue weighted by atomic mass is 10.2. The predicted molar refractivity (Wildman–Crippen MR) is 138 cm³/mol. The largest absolute Gasteiger partial charge is 0.507 e. The number of nitrogens with one attached hydrogen (secondary N) is 1. The number of hydrogen-bond acceptors (Lipinski definition) is 9. The normalized spacial score (nSPS) is 14.8. The molecule has 3 amide bonds. The van der Waals surface area contributed by atoms with Gasteiger partial charge in [0.1, 0.15) is 11.3 Å². The van der Waals surface area contributed by atoms with Crippen LogP contribution in [-0.2, 0) is 19.1 Å². The Labute approximate surface area is 220 Å². The van der Waals surface area contributed by atoms with E-state index in [-0.39, 0.29) is 29.5 Å². The molecule has 1 aliphatic rings. The van der Waals surface area contributed by atoms with Gasteiger partial charge in [0.05, 0.1) is 16.5 Å². The van der Waals surface area contributed by atoms with Crippen LogP contribution in [0.5, 0.6) is 5.75 Å². The number of aromatic hydroxyl groups is 1. The highest BCUT2D eigenvalue weighted by Crippen LogP contribution is 2.34. The molecule has 1 heterocycles. The van der Waals surface area contributed by atoms with Crippen LogP contribution in [0.3, 0.4) is 0 Å². The van der Waals surface area contributed by atoms with Gasteiger partial charge in [0.2, 0.25) is 11.8 Å². The highest BCUT2D eigenvalue weighted by molar-refractivity contribution is 8.00. The number of esters is 1. The molecular weight excluding hydrogens is 514 g/mol. The second-order valence-electron chi connectivity index (χ2n) is 8.16. The molecule has 0 saturated carbocycles. The Bertz CT molecular complexity index is 1440. The molecule has 5 N–H and O–H groups in total. The van der Waals surface area contributed by atoms with Gasteiger partial charge in [-0.15, -0.1) is 11.8 Å². The highest BCUT2D eigenvalue weighted by atomic mass is 32.2. The number of carbonyl (C=O) groups is 5. The fraction of sp³-hybridized carbons (Fsp3) is 0.115. The van der Waals surface area contributed by atoms with Crippen LogP contribution < -0.4 is 16.0 Å². The van der Waals surface area contributed by atoms with E-state index in [1.54, 1.807) is 24.3 Å². The van der Waals surface area contributed by atoms with E-state index < -0.39 is 41.0 Å². The Kier molecular flexibility index (Phi) is 7.63. The van der Waals surface area contributed by atoms with E-state index in [2.05, 4.69) is 5.32 Å². The molecule has 1 aliphatic heterocycles. The Hall–Kier alpha value is -4.84. The first-order valence-electron chi connectivity index (χ1n) is 11.1. The molecule has 1 atom stereocenters. The zero-order chi connectivity index (χ0) is 27.4. The van der Waals surface area contributed by atoms with Crippen LogP contribution >= 0.6 is 11.8 Å². The van der Waals surface area contributed by atoms with Gasteiger partial charge >= 0.3 is 11.9 Å². The number of nitrogens with zero attached hydrogens (tertiary/aromatic N) is 1. The summed E-state index contributed by atoms with van der Waals surface area (Å²) in [6.07, 6.45) is 0.0200. The van der Waals surface area contributed by atoms with Crippen molar-refractivity contribution < 1.29 is 38.9 Å². The number of rotatable bonds is 8. The van der Waals surface area contributed by atoms with E-state index >= 15 is 0 Å². The maximum Gasteiger partial charge on any atom is 0.339 e. The highest BCUT2D eigenvalue weighted by Gasteiger charge is 2.40. The van der Waals surface area contributed by atoms with Crippen molar-refractivity contribution >= 4 is 58.5 Å². The van der Waals surface area contributed by atoms with Gasteiger partial charge in [-0.2, -0.15) is 0 Å². The summed E-state index contributed by atoms with van der Waals surface area (Å²) >= 11 is 1.25. The van der Waals surface area contributed by atoms with Crippen molar-refractivity contribution in [3.8, 4) is 5.75 Å². The van der Waals surface area contributed by atoms with Crippen LogP contribution in [0.15, 0.2) is 71.6 Å². The number of amides is 3. The number of nitrogens with two attached hydrogens (primary N) is 1. The van der Waals surface area contributed by atoms with Crippen LogP contribution in [0.2, 0.25) is 0 Å². The van der Waals surface area contributed by atoms with Gasteiger partial charge < -0.3 is 26.0 Å². The summed E-state index contributed by atoms with van der Waals surface area (Å²) in [5.41, 5.74) is 6.41. The minimum atomic E-state index is -1.37. The molecule has 3 aromatic carbocycles. The van der Waals surface area contributed by atoms with Gasteiger partial charge in [0.15, 0.2) is 6.61 Å². The van der Waals surface area contributed by atoms with Crippen molar-refractivity contribution in [2.45, 2.75) is 16.6 Å². The first-order chi connectivity index (χ1) is 18.1. The monoisotopic (exact) mass is 535 g/mol. The molecular formula is C26H21N3O8S. The van der Waals surface area contributed by atoms with E-state index in [1.807, 2.05) is 0 Å². The number of ether oxygens (including phenoxy) is 1. The summed E-state index contributed by atoms with van der Waals surface area (Å²) in [5, 5.41) is 20.3. The minimum absolute atomic E-state index is 0.0200. The van der Waals surface area contributed by atoms with Gasteiger partial charge in [-0.25, -0.2) is 14.5 Å². The molecule has 1 unspecified atom stereocenters. The van der Waals surface area contributed by atoms with Gasteiger partial charge in [0, 0.05) is 22.7 Å². The predicted octanol–water partition coefficient (Wildman–Crippen LogP) is 2.89. The number of hydrogen-bond donors (Lipinski definition) is 4. The molecule has 38 heavy (non-hydrogen) atoms. The number of benzene rings is 3. The first kappa shape index (κ1) is 26.2. The SMILES string of the molecule is Nc1cccc(SC2CC(=O)N(c3ccc(C(=O)OCC(=O)Nc4ccc(O)c(C(=O)O)c4)cc3)C2=O)c1. The number of phenols is 1. The molecule has 1 fully saturated rings. The maximum atomic E-state index is 12.9. The summed E-state index contributed by atoms with van der Waals surface area (Å²) < 4.78 is 4.99. The first-order valence-corrected chi connectivity index (χ1v) is 12.0. The molecule has 0 aliphatic carbocycles. The third-order valence-corrected chi connectivity index (χ3v) is 6.63. The number of aromatic carboxylic acids is 1. The Morgan fingerprint density at radius 2 is 1.79 bits per heavy atom. The van der Waals surface area contributed by atoms with Gasteiger partial charge in [0.25, 0.3) is 5.91 Å². The quantitative estimate of drug-likeness (QED) is 0.145. The van der Waals surface area contributed by atoms with Crippen molar-refractivity contribution in [3.05, 3.63) is 77.9 Å². The van der Waals surface area contributed by atoms with Gasteiger partial charge in [-0.05, 0) is 60.7 Å². The molecule has 0 radical (unpaired) electrons. The molecule has 0 spiro atoms. The lowest BCUT2D eigenvalue weighted by Crippen LogP contribution is -2.31. The van der Waals surface area contributed by atoms with Crippen molar-refractivity contribution in [1.29, 1.82) is 0 Å². The number of carboxylic acid groups (broad SMARTS) is 1. The summed E-state index contributed by atoms with van der Waals surface area (Å²) in [6.45, 7) is -0.657. The fourth-order valence-electron chi connectivity index (χ4n) is 3.66. The zero-order valence-corrected chi connectivity index (χ0v) is 20.4. The second kappa shape index (κ2) is 11.0. The zero-order valence-electron chi connectivity index (χ0n) is 19.6. The standard InChI is InChI=1S/C26H21N3O8S/c27-15-2-1-3-18(10-15)38-21-12-23(32)29(24(21)33)17-7-4-14(5-8-17)26(36)37-13-22(31)28-16-6-9-20(30)19(11-16)25(34)35/h1-11,21,30H,12-13,27H2,(H,28,31)(H,34,35). The molecule has 11 nitrogen and oxygen atoms in total. The molecule has 194 valence electrons. The van der Waals surface area contributed by atoms with Crippen molar-refractivity contribution in [2.75, 3.05) is 22.6 Å². The summed E-state index contributed by atoms with van der Waals surface area (Å²) in [4.78, 5) is 62.9. The fourth-order valence-corrected chi connectivity index (χ4v) is 4.78. The molecule has 0 bridgehead atoms. The number of imide groups is 1. The van der Waals surface area contributed by atoms with Crippen molar-refractivity contribution in [3.63, 3.8) is 0 Å². The Balaban J connectivity index is 1.34. The van der Waals surface area contributed by atoms with Crippen LogP contribution in [0.1, 0.15) is 27.1 Å².